The molecule has 1 N–H and O–H groups in total. The van der Waals surface area contributed by atoms with E-state index >= 15 is 0 Å². The zero-order valence-corrected chi connectivity index (χ0v) is 13.2. The zero-order valence-electron chi connectivity index (χ0n) is 13.2. The topological polar surface area (TPSA) is 24.5 Å². The molecule has 1 saturated heterocycles. The molecule has 4 heteroatoms. The van der Waals surface area contributed by atoms with Gasteiger partial charge >= 0.3 is 0 Å². The van der Waals surface area contributed by atoms with Gasteiger partial charge < -0.3 is 15.0 Å². The number of halogens is 1. The van der Waals surface area contributed by atoms with Gasteiger partial charge in [-0.15, -0.1) is 0 Å². The first kappa shape index (κ1) is 14.8. The van der Waals surface area contributed by atoms with Crippen LogP contribution in [0.3, 0.4) is 0 Å². The quantitative estimate of drug-likeness (QED) is 0.906. The van der Waals surface area contributed by atoms with Gasteiger partial charge in [0.05, 0.1) is 0 Å². The monoisotopic (exact) mass is 292 g/mol. The molecular weight excluding hydrogens is 267 g/mol. The van der Waals surface area contributed by atoms with Gasteiger partial charge in [0, 0.05) is 37.0 Å². The third-order valence-electron chi connectivity index (χ3n) is 5.04. The van der Waals surface area contributed by atoms with Gasteiger partial charge in [-0.25, -0.2) is 4.39 Å². The van der Waals surface area contributed by atoms with Gasteiger partial charge in [-0.1, -0.05) is 6.92 Å². The van der Waals surface area contributed by atoms with E-state index in [0.717, 1.165) is 43.7 Å². The summed E-state index contributed by atoms with van der Waals surface area (Å²) in [5, 5.41) is 3.51. The summed E-state index contributed by atoms with van der Waals surface area (Å²) < 4.78 is 19.9. The molecule has 3 atom stereocenters. The van der Waals surface area contributed by atoms with Crippen molar-refractivity contribution in [2.24, 2.45) is 0 Å². The van der Waals surface area contributed by atoms with Crippen LogP contribution in [0.2, 0.25) is 0 Å². The van der Waals surface area contributed by atoms with Gasteiger partial charge in [0.2, 0.25) is 0 Å². The molecule has 1 fully saturated rings. The van der Waals surface area contributed by atoms with E-state index in [1.807, 2.05) is 0 Å². The van der Waals surface area contributed by atoms with Gasteiger partial charge in [-0.2, -0.15) is 0 Å². The van der Waals surface area contributed by atoms with Crippen LogP contribution in [0.1, 0.15) is 44.7 Å². The van der Waals surface area contributed by atoms with Crippen molar-refractivity contribution in [3.8, 4) is 5.75 Å². The van der Waals surface area contributed by atoms with E-state index in [0.29, 0.717) is 6.04 Å². The highest BCUT2D eigenvalue weighted by Crippen LogP contribution is 2.45. The average Bonchev–Trinajstić information content (AvgIpc) is 2.45. The zero-order chi connectivity index (χ0) is 15.0. The molecule has 0 bridgehead atoms. The Morgan fingerprint density at radius 2 is 2.24 bits per heavy atom. The summed E-state index contributed by atoms with van der Waals surface area (Å²) in [6.45, 7) is 6.29. The molecule has 116 valence electrons. The van der Waals surface area contributed by atoms with Gasteiger partial charge in [-0.3, -0.25) is 0 Å². The predicted octanol–water partition coefficient (Wildman–Crippen LogP) is 3.11. The fraction of sp³-hybridized carbons (Fsp3) is 0.647. The Morgan fingerprint density at radius 1 is 1.43 bits per heavy atom. The SMILES string of the molecule is CCNC1CC2(CCN(C)C(C)C2)Oc2ccc(F)cc21. The minimum absolute atomic E-state index is 0.108. The lowest BCUT2D eigenvalue weighted by atomic mass is 9.78. The van der Waals surface area contributed by atoms with E-state index in [4.69, 9.17) is 4.74 Å². The van der Waals surface area contributed by atoms with Gasteiger partial charge in [0.25, 0.3) is 0 Å². The highest BCUT2D eigenvalue weighted by Gasteiger charge is 2.44. The molecule has 2 aliphatic rings. The van der Waals surface area contributed by atoms with E-state index in [1.165, 1.54) is 6.07 Å². The molecule has 0 amide bonds. The number of hydrogen-bond donors (Lipinski definition) is 1. The number of piperidine rings is 1. The molecule has 21 heavy (non-hydrogen) atoms. The summed E-state index contributed by atoms with van der Waals surface area (Å²) in [6, 6.07) is 5.61. The minimum atomic E-state index is -0.187. The second kappa shape index (κ2) is 5.58. The Bertz CT molecular complexity index is 522. The highest BCUT2D eigenvalue weighted by molar-refractivity contribution is 5.39. The number of benzene rings is 1. The molecule has 1 aromatic rings. The molecule has 3 unspecified atom stereocenters. The Labute approximate surface area is 126 Å². The molecular formula is C17H25FN2O. The number of ether oxygens (including phenoxy) is 1. The van der Waals surface area contributed by atoms with Crippen LogP contribution in [0.4, 0.5) is 4.39 Å². The smallest absolute Gasteiger partial charge is 0.125 e. The Kier molecular flexibility index (Phi) is 3.93. The Balaban J connectivity index is 1.92. The number of fused-ring (bicyclic) bond motifs is 1. The lowest BCUT2D eigenvalue weighted by Gasteiger charge is -2.48. The fourth-order valence-corrected chi connectivity index (χ4v) is 3.74. The van der Waals surface area contributed by atoms with Crippen molar-refractivity contribution in [1.82, 2.24) is 10.2 Å². The molecule has 0 aliphatic carbocycles. The van der Waals surface area contributed by atoms with Crippen molar-refractivity contribution in [1.29, 1.82) is 0 Å². The summed E-state index contributed by atoms with van der Waals surface area (Å²) in [6.07, 6.45) is 2.99. The van der Waals surface area contributed by atoms with E-state index in [9.17, 15) is 4.39 Å². The first-order valence-electron chi connectivity index (χ1n) is 7.95. The molecule has 2 heterocycles. The van der Waals surface area contributed by atoms with Crippen LogP contribution in [0, 0.1) is 5.82 Å². The van der Waals surface area contributed by atoms with Crippen LogP contribution in [0.5, 0.6) is 5.75 Å². The van der Waals surface area contributed by atoms with Crippen molar-refractivity contribution in [2.75, 3.05) is 20.1 Å². The maximum Gasteiger partial charge on any atom is 0.125 e. The Hall–Kier alpha value is -1.13. The minimum Gasteiger partial charge on any atom is -0.487 e. The third kappa shape index (κ3) is 2.79. The summed E-state index contributed by atoms with van der Waals surface area (Å²) in [5.74, 6) is 0.665. The van der Waals surface area contributed by atoms with Crippen LogP contribution < -0.4 is 10.1 Å². The van der Waals surface area contributed by atoms with E-state index in [1.54, 1.807) is 12.1 Å². The molecule has 1 spiro atoms. The summed E-state index contributed by atoms with van der Waals surface area (Å²) in [7, 11) is 2.17. The Morgan fingerprint density at radius 3 is 2.95 bits per heavy atom. The lowest BCUT2D eigenvalue weighted by molar-refractivity contribution is -0.0390. The maximum absolute atomic E-state index is 13.6. The number of nitrogens with one attached hydrogen (secondary N) is 1. The van der Waals surface area contributed by atoms with Crippen LogP contribution in [0.15, 0.2) is 18.2 Å². The molecule has 0 aromatic heterocycles. The van der Waals surface area contributed by atoms with Gasteiger partial charge in [-0.05, 0) is 45.1 Å². The summed E-state index contributed by atoms with van der Waals surface area (Å²) in [4.78, 5) is 2.39. The average molecular weight is 292 g/mol. The van der Waals surface area contributed by atoms with Crippen LogP contribution in [0.25, 0.3) is 0 Å². The molecule has 3 rings (SSSR count). The van der Waals surface area contributed by atoms with Crippen molar-refractivity contribution in [2.45, 2.75) is 50.8 Å². The first-order valence-corrected chi connectivity index (χ1v) is 7.95. The van der Waals surface area contributed by atoms with Crippen molar-refractivity contribution in [3.05, 3.63) is 29.6 Å². The fourth-order valence-electron chi connectivity index (χ4n) is 3.74. The molecule has 2 aliphatic heterocycles. The highest BCUT2D eigenvalue weighted by atomic mass is 19.1. The second-order valence-corrected chi connectivity index (χ2v) is 6.57. The van der Waals surface area contributed by atoms with Crippen molar-refractivity contribution < 1.29 is 9.13 Å². The van der Waals surface area contributed by atoms with E-state index < -0.39 is 0 Å². The lowest BCUT2D eigenvalue weighted by Crippen LogP contribution is -2.54. The summed E-state index contributed by atoms with van der Waals surface area (Å²) >= 11 is 0. The largest absolute Gasteiger partial charge is 0.487 e. The van der Waals surface area contributed by atoms with Gasteiger partial charge in [0.1, 0.15) is 17.2 Å². The molecule has 1 aromatic carbocycles. The second-order valence-electron chi connectivity index (χ2n) is 6.57. The van der Waals surface area contributed by atoms with Crippen LogP contribution in [-0.4, -0.2) is 36.7 Å². The first-order chi connectivity index (χ1) is 10.0. The van der Waals surface area contributed by atoms with E-state index in [-0.39, 0.29) is 17.5 Å². The maximum atomic E-state index is 13.6. The van der Waals surface area contributed by atoms with Crippen LogP contribution in [-0.2, 0) is 0 Å². The van der Waals surface area contributed by atoms with Crippen LogP contribution >= 0.6 is 0 Å². The molecule has 3 nitrogen and oxygen atoms in total. The number of nitrogens with zero attached hydrogens (tertiary/aromatic N) is 1. The third-order valence-corrected chi connectivity index (χ3v) is 5.04. The van der Waals surface area contributed by atoms with Crippen molar-refractivity contribution >= 4 is 0 Å². The van der Waals surface area contributed by atoms with Crippen molar-refractivity contribution in [3.63, 3.8) is 0 Å². The predicted molar refractivity (Wildman–Crippen MR) is 82.1 cm³/mol. The van der Waals surface area contributed by atoms with E-state index in [2.05, 4.69) is 31.1 Å². The number of rotatable bonds is 2. The van der Waals surface area contributed by atoms with Gasteiger partial charge in [0.15, 0.2) is 0 Å². The normalized spacial score (nSPS) is 32.8. The summed E-state index contributed by atoms with van der Waals surface area (Å²) in [5.41, 5.74) is 0.859. The number of hydrogen-bond acceptors (Lipinski definition) is 3. The molecule has 0 radical (unpaired) electrons. The molecule has 0 saturated carbocycles. The standard InChI is InChI=1S/C17H25FN2O/c1-4-19-15-11-17(7-8-20(3)12(2)10-17)21-16-6-5-13(18)9-14(15)16/h5-6,9,12,15,19H,4,7-8,10-11H2,1-3H3. The number of likely N-dealkylation sites (tertiary alicyclic amines) is 1.